The van der Waals surface area contributed by atoms with E-state index >= 15 is 0 Å². The number of nitrogens with two attached hydrogens (primary N) is 1. The number of hydrogen-bond acceptors (Lipinski definition) is 5. The summed E-state index contributed by atoms with van der Waals surface area (Å²) < 4.78 is 4.93. The number of allylic oxidation sites excluding steroid dienone is 3. The van der Waals surface area contributed by atoms with Crippen molar-refractivity contribution in [2.45, 2.75) is 21.6 Å². The Balaban J connectivity index is 2.20. The first kappa shape index (κ1) is 13.9. The molecule has 0 spiro atoms. The van der Waals surface area contributed by atoms with Crippen molar-refractivity contribution in [3.63, 3.8) is 0 Å². The maximum atomic E-state index is 11.8. The molecule has 3 N–H and O–H groups in total. The fraction of sp³-hybridized carbons (Fsp3) is 0.455. The zero-order valence-electron chi connectivity index (χ0n) is 9.73. The number of imide groups is 1. The van der Waals surface area contributed by atoms with E-state index in [9.17, 15) is 9.59 Å². The molecule has 0 radical (unpaired) electrons. The molecule has 1 aliphatic carbocycles. The molecule has 1 fully saturated rings. The van der Waals surface area contributed by atoms with Crippen LogP contribution >= 0.6 is 34.4 Å². The first-order chi connectivity index (χ1) is 8.47. The van der Waals surface area contributed by atoms with Crippen molar-refractivity contribution in [3.8, 4) is 0 Å². The van der Waals surface area contributed by atoms with Gasteiger partial charge < -0.3 is 10.5 Å². The first-order valence-electron chi connectivity index (χ1n) is 5.38. The van der Waals surface area contributed by atoms with Gasteiger partial charge in [0.1, 0.15) is 0 Å². The summed E-state index contributed by atoms with van der Waals surface area (Å²) >= 11 is 2.99. The number of nitrogens with one attached hydrogen (secondary N) is 1. The number of methoxy groups -OCH3 is 1. The number of thioether (sulfide) groups is 1. The van der Waals surface area contributed by atoms with E-state index in [0.29, 0.717) is 0 Å². The Kier molecular flexibility index (Phi) is 4.02. The molecule has 7 heteroatoms. The number of halogens is 1. The van der Waals surface area contributed by atoms with Gasteiger partial charge in [0.25, 0.3) is 11.1 Å². The van der Waals surface area contributed by atoms with Gasteiger partial charge in [-0.2, -0.15) is 0 Å². The van der Waals surface area contributed by atoms with E-state index < -0.39 is 10.8 Å². The number of hydrogen-bond donors (Lipinski definition) is 2. The fourth-order valence-electron chi connectivity index (χ4n) is 1.87. The van der Waals surface area contributed by atoms with Gasteiger partial charge in [-0.15, -0.1) is 0 Å². The van der Waals surface area contributed by atoms with Gasteiger partial charge in [0.15, 0.2) is 4.87 Å². The number of amides is 2. The number of alkyl halides is 1. The Morgan fingerprint density at radius 3 is 2.67 bits per heavy atom. The van der Waals surface area contributed by atoms with E-state index in [0.717, 1.165) is 35.9 Å². The van der Waals surface area contributed by atoms with Crippen molar-refractivity contribution >= 4 is 45.5 Å². The molecule has 2 rings (SSSR count). The Morgan fingerprint density at radius 1 is 1.50 bits per heavy atom. The summed E-state index contributed by atoms with van der Waals surface area (Å²) in [5.74, 6) is 0.493. The maximum absolute atomic E-state index is 11.8. The molecule has 0 aromatic carbocycles. The van der Waals surface area contributed by atoms with Crippen LogP contribution < -0.4 is 11.1 Å². The Morgan fingerprint density at radius 2 is 2.22 bits per heavy atom. The lowest BCUT2D eigenvalue weighted by atomic mass is 9.96. The van der Waals surface area contributed by atoms with E-state index in [-0.39, 0.29) is 9.16 Å². The van der Waals surface area contributed by atoms with Gasteiger partial charge in [-0.3, -0.25) is 14.9 Å². The predicted molar refractivity (Wildman–Crippen MR) is 78.3 cm³/mol. The SMILES string of the molecule is COC1=CC=C(C(I)[C@@]2(N)SC(=O)NC2=O)CC1. The summed E-state index contributed by atoms with van der Waals surface area (Å²) in [7, 11) is 1.63. The molecule has 0 aromatic heterocycles. The van der Waals surface area contributed by atoms with Crippen LogP contribution in [0.2, 0.25) is 0 Å². The molecular formula is C11H13IN2O3S. The van der Waals surface area contributed by atoms with Gasteiger partial charge in [0, 0.05) is 6.42 Å². The van der Waals surface area contributed by atoms with Crippen LogP contribution in [0.3, 0.4) is 0 Å². The minimum absolute atomic E-state index is 0.221. The van der Waals surface area contributed by atoms with Crippen LogP contribution in [-0.2, 0) is 9.53 Å². The second-order valence-electron chi connectivity index (χ2n) is 4.08. The zero-order chi connectivity index (χ0) is 13.3. The van der Waals surface area contributed by atoms with Crippen LogP contribution in [-0.4, -0.2) is 27.1 Å². The van der Waals surface area contributed by atoms with Gasteiger partial charge >= 0.3 is 0 Å². The molecular weight excluding hydrogens is 367 g/mol. The Labute approximate surface area is 123 Å². The van der Waals surface area contributed by atoms with Crippen molar-refractivity contribution in [2.24, 2.45) is 5.73 Å². The lowest BCUT2D eigenvalue weighted by Crippen LogP contribution is -2.52. The van der Waals surface area contributed by atoms with Crippen LogP contribution in [0.5, 0.6) is 0 Å². The van der Waals surface area contributed by atoms with Crippen molar-refractivity contribution < 1.29 is 14.3 Å². The van der Waals surface area contributed by atoms with Crippen molar-refractivity contribution in [1.29, 1.82) is 0 Å². The molecule has 18 heavy (non-hydrogen) atoms. The van der Waals surface area contributed by atoms with E-state index in [4.69, 9.17) is 10.5 Å². The van der Waals surface area contributed by atoms with Crippen LogP contribution in [0.4, 0.5) is 4.79 Å². The highest BCUT2D eigenvalue weighted by molar-refractivity contribution is 14.1. The average molecular weight is 380 g/mol. The normalized spacial score (nSPS) is 29.5. The lowest BCUT2D eigenvalue weighted by Gasteiger charge is -2.28. The van der Waals surface area contributed by atoms with E-state index in [1.807, 2.05) is 12.2 Å². The number of rotatable bonds is 3. The van der Waals surface area contributed by atoms with Crippen molar-refractivity contribution in [2.75, 3.05) is 7.11 Å². The van der Waals surface area contributed by atoms with Gasteiger partial charge in [-0.25, -0.2) is 0 Å². The Bertz CT molecular complexity index is 463. The lowest BCUT2D eigenvalue weighted by molar-refractivity contribution is -0.121. The van der Waals surface area contributed by atoms with Crippen LogP contribution in [0.25, 0.3) is 0 Å². The van der Waals surface area contributed by atoms with Gasteiger partial charge in [0.2, 0.25) is 0 Å². The summed E-state index contributed by atoms with van der Waals surface area (Å²) in [5.41, 5.74) is 7.12. The fourth-order valence-corrected chi connectivity index (χ4v) is 3.91. The summed E-state index contributed by atoms with van der Waals surface area (Å²) in [6.45, 7) is 0. The molecule has 1 aliphatic heterocycles. The third-order valence-corrected chi connectivity index (χ3v) is 6.19. The van der Waals surface area contributed by atoms with E-state index in [1.165, 1.54) is 0 Å². The standard InChI is InChI=1S/C11H13IN2O3S/c1-17-7-4-2-6(3-5-7)8(12)11(13)9(15)14-10(16)18-11/h2,4,8H,3,5,13H2,1H3,(H,14,15,16)/t8?,11-/m1/s1. The minimum Gasteiger partial charge on any atom is -0.501 e. The first-order valence-corrected chi connectivity index (χ1v) is 7.44. The summed E-state index contributed by atoms with van der Waals surface area (Å²) in [4.78, 5) is 21.8. The predicted octanol–water partition coefficient (Wildman–Crippen LogP) is 1.68. The zero-order valence-corrected chi connectivity index (χ0v) is 12.7. The van der Waals surface area contributed by atoms with Gasteiger partial charge in [0.05, 0.1) is 16.8 Å². The second kappa shape index (κ2) is 5.22. The summed E-state index contributed by atoms with van der Waals surface area (Å²) in [6.07, 6.45) is 5.38. The number of carbonyl (C=O) groups excluding carboxylic acids is 2. The van der Waals surface area contributed by atoms with Crippen molar-refractivity contribution in [3.05, 3.63) is 23.5 Å². The summed E-state index contributed by atoms with van der Waals surface area (Å²) in [6, 6.07) is 0. The number of carbonyl (C=O) groups is 2. The quantitative estimate of drug-likeness (QED) is 0.575. The highest BCUT2D eigenvalue weighted by Crippen LogP contribution is 2.40. The Hall–Kier alpha value is -0.540. The molecule has 98 valence electrons. The second-order valence-corrected chi connectivity index (χ2v) is 6.57. The molecule has 2 amide bonds. The molecule has 0 saturated carbocycles. The monoisotopic (exact) mass is 380 g/mol. The van der Waals surface area contributed by atoms with Gasteiger partial charge in [-0.1, -0.05) is 34.2 Å². The molecule has 1 saturated heterocycles. The molecule has 1 unspecified atom stereocenters. The van der Waals surface area contributed by atoms with Gasteiger partial charge in [-0.05, 0) is 24.3 Å². The third kappa shape index (κ3) is 2.43. The molecule has 0 aromatic rings. The third-order valence-electron chi connectivity index (χ3n) is 2.94. The van der Waals surface area contributed by atoms with Crippen molar-refractivity contribution in [1.82, 2.24) is 5.32 Å². The maximum Gasteiger partial charge on any atom is 0.288 e. The van der Waals surface area contributed by atoms with Crippen LogP contribution in [0, 0.1) is 0 Å². The highest BCUT2D eigenvalue weighted by atomic mass is 127. The average Bonchev–Trinajstić information content (AvgIpc) is 2.63. The highest BCUT2D eigenvalue weighted by Gasteiger charge is 2.50. The molecule has 5 nitrogen and oxygen atoms in total. The molecule has 1 heterocycles. The van der Waals surface area contributed by atoms with Crippen LogP contribution in [0.15, 0.2) is 23.5 Å². The molecule has 0 bridgehead atoms. The largest absolute Gasteiger partial charge is 0.501 e. The van der Waals surface area contributed by atoms with E-state index in [1.54, 1.807) is 7.11 Å². The smallest absolute Gasteiger partial charge is 0.288 e. The van der Waals surface area contributed by atoms with E-state index in [2.05, 4.69) is 27.9 Å². The molecule has 2 aliphatic rings. The topological polar surface area (TPSA) is 81.4 Å². The summed E-state index contributed by atoms with van der Waals surface area (Å²) in [5, 5.41) is 1.85. The van der Waals surface area contributed by atoms with Crippen LogP contribution in [0.1, 0.15) is 12.8 Å². The minimum atomic E-state index is -1.21. The number of ether oxygens (including phenoxy) is 1. The molecule has 2 atom stereocenters.